The van der Waals surface area contributed by atoms with Crippen molar-refractivity contribution < 1.29 is 14.5 Å². The van der Waals surface area contributed by atoms with E-state index in [0.717, 1.165) is 5.56 Å². The zero-order valence-corrected chi connectivity index (χ0v) is 15.0. The van der Waals surface area contributed by atoms with Crippen molar-refractivity contribution in [2.75, 3.05) is 7.05 Å². The number of nitro groups is 1. The molecule has 0 saturated heterocycles. The Morgan fingerprint density at radius 1 is 1.32 bits per heavy atom. The Balaban J connectivity index is 2.08. The molecule has 0 aliphatic carbocycles. The maximum absolute atomic E-state index is 12.5. The minimum Gasteiger partial charge on any atom is -0.481 e. The number of amides is 1. The van der Waals surface area contributed by atoms with Gasteiger partial charge in [-0.3, -0.25) is 14.9 Å². The number of hydrogen-bond donors (Lipinski definition) is 0. The summed E-state index contributed by atoms with van der Waals surface area (Å²) in [5.74, 6) is 0.303. The molecule has 0 aromatic heterocycles. The van der Waals surface area contributed by atoms with Gasteiger partial charge in [0, 0.05) is 23.7 Å². The third-order valence-corrected chi connectivity index (χ3v) is 4.00. The first kappa shape index (κ1) is 18.7. The molecule has 0 saturated carbocycles. The number of benzene rings is 2. The van der Waals surface area contributed by atoms with Crippen LogP contribution in [0.5, 0.6) is 5.75 Å². The number of para-hydroxylation sites is 1. The van der Waals surface area contributed by atoms with Crippen molar-refractivity contribution in [1.82, 2.24) is 4.90 Å². The average Bonchev–Trinajstić information content (AvgIpc) is 2.56. The van der Waals surface area contributed by atoms with Crippen LogP contribution < -0.4 is 4.74 Å². The highest BCUT2D eigenvalue weighted by Gasteiger charge is 2.22. The van der Waals surface area contributed by atoms with Crippen LogP contribution in [0.3, 0.4) is 0 Å². The number of ether oxygens (including phenoxy) is 1. The Kier molecular flexibility index (Phi) is 5.98. The van der Waals surface area contributed by atoms with Crippen molar-refractivity contribution in [3.05, 3.63) is 68.7 Å². The highest BCUT2D eigenvalue weighted by atomic mass is 35.5. The molecule has 0 N–H and O–H groups in total. The predicted molar refractivity (Wildman–Crippen MR) is 95.8 cm³/mol. The van der Waals surface area contributed by atoms with Gasteiger partial charge in [0.2, 0.25) is 0 Å². The molecule has 2 aromatic carbocycles. The van der Waals surface area contributed by atoms with E-state index in [1.807, 2.05) is 6.92 Å². The minimum atomic E-state index is -0.729. The molecule has 2 aromatic rings. The molecule has 0 aliphatic heterocycles. The Bertz CT molecular complexity index is 794. The number of likely N-dealkylation sites (N-methyl/N-ethyl adjacent to an activating group) is 1. The zero-order valence-electron chi connectivity index (χ0n) is 14.2. The van der Waals surface area contributed by atoms with E-state index >= 15 is 0 Å². The van der Waals surface area contributed by atoms with Gasteiger partial charge in [-0.05, 0) is 37.6 Å². The lowest BCUT2D eigenvalue weighted by atomic mass is 10.1. The summed E-state index contributed by atoms with van der Waals surface area (Å²) in [6.07, 6.45) is -0.729. The molecule has 25 heavy (non-hydrogen) atoms. The number of hydrogen-bond acceptors (Lipinski definition) is 4. The Hall–Kier alpha value is -2.60. The van der Waals surface area contributed by atoms with Gasteiger partial charge in [0.25, 0.3) is 11.6 Å². The Morgan fingerprint density at radius 2 is 2.00 bits per heavy atom. The predicted octanol–water partition coefficient (Wildman–Crippen LogP) is 3.98. The van der Waals surface area contributed by atoms with E-state index < -0.39 is 11.0 Å². The quantitative estimate of drug-likeness (QED) is 0.575. The number of nitrogens with zero attached hydrogens (tertiary/aromatic N) is 2. The van der Waals surface area contributed by atoms with Crippen LogP contribution in [0.4, 0.5) is 5.69 Å². The fourth-order valence-electron chi connectivity index (χ4n) is 2.45. The lowest BCUT2D eigenvalue weighted by molar-refractivity contribution is -0.385. The summed E-state index contributed by atoms with van der Waals surface area (Å²) >= 11 is 5.91. The van der Waals surface area contributed by atoms with Gasteiger partial charge < -0.3 is 9.64 Å². The van der Waals surface area contributed by atoms with Gasteiger partial charge in [-0.2, -0.15) is 0 Å². The molecule has 1 amide bonds. The standard InChI is InChI=1S/C18H19ClN2O4/c1-12-10-15(19)8-9-17(12)25-13(2)18(22)20(3)11-14-6-4-5-7-16(14)21(23)24/h4-10,13H,11H2,1-3H3. The second-order valence-electron chi connectivity index (χ2n) is 5.75. The van der Waals surface area contributed by atoms with Crippen LogP contribution in [0, 0.1) is 17.0 Å². The molecule has 1 unspecified atom stereocenters. The molecular formula is C18H19ClN2O4. The molecular weight excluding hydrogens is 344 g/mol. The van der Waals surface area contributed by atoms with Crippen molar-refractivity contribution >= 4 is 23.2 Å². The SMILES string of the molecule is Cc1cc(Cl)ccc1OC(C)C(=O)N(C)Cc1ccccc1[N+](=O)[O-]. The summed E-state index contributed by atoms with van der Waals surface area (Å²) in [5.41, 5.74) is 1.29. The van der Waals surface area contributed by atoms with Gasteiger partial charge in [0.1, 0.15) is 5.75 Å². The van der Waals surface area contributed by atoms with E-state index in [4.69, 9.17) is 16.3 Å². The van der Waals surface area contributed by atoms with Gasteiger partial charge in [0.05, 0.1) is 11.5 Å². The van der Waals surface area contributed by atoms with Gasteiger partial charge in [-0.25, -0.2) is 0 Å². The van der Waals surface area contributed by atoms with Crippen LogP contribution in [0.25, 0.3) is 0 Å². The monoisotopic (exact) mass is 362 g/mol. The third-order valence-electron chi connectivity index (χ3n) is 3.76. The van der Waals surface area contributed by atoms with Crippen LogP contribution in [0.2, 0.25) is 5.02 Å². The van der Waals surface area contributed by atoms with E-state index in [2.05, 4.69) is 0 Å². The van der Waals surface area contributed by atoms with E-state index in [9.17, 15) is 14.9 Å². The molecule has 0 bridgehead atoms. The summed E-state index contributed by atoms with van der Waals surface area (Å²) in [5, 5.41) is 11.7. The molecule has 0 radical (unpaired) electrons. The summed E-state index contributed by atoms with van der Waals surface area (Å²) in [7, 11) is 1.59. The molecule has 2 rings (SSSR count). The van der Waals surface area contributed by atoms with Crippen molar-refractivity contribution in [2.24, 2.45) is 0 Å². The largest absolute Gasteiger partial charge is 0.481 e. The maximum atomic E-state index is 12.5. The van der Waals surface area contributed by atoms with Gasteiger partial charge >= 0.3 is 0 Å². The molecule has 132 valence electrons. The summed E-state index contributed by atoms with van der Waals surface area (Å²) < 4.78 is 5.71. The third kappa shape index (κ3) is 4.70. The van der Waals surface area contributed by atoms with Gasteiger partial charge in [0.15, 0.2) is 6.10 Å². The van der Waals surface area contributed by atoms with Crippen LogP contribution in [-0.2, 0) is 11.3 Å². The number of carbonyl (C=O) groups excluding carboxylic acids is 1. The first-order valence-corrected chi connectivity index (χ1v) is 8.07. The van der Waals surface area contributed by atoms with E-state index in [1.54, 1.807) is 50.4 Å². The second-order valence-corrected chi connectivity index (χ2v) is 6.19. The van der Waals surface area contributed by atoms with Crippen LogP contribution in [0.15, 0.2) is 42.5 Å². The van der Waals surface area contributed by atoms with Crippen LogP contribution >= 0.6 is 11.6 Å². The average molecular weight is 363 g/mol. The summed E-state index contributed by atoms with van der Waals surface area (Å²) in [6.45, 7) is 3.62. The molecule has 7 heteroatoms. The Morgan fingerprint density at radius 3 is 2.64 bits per heavy atom. The Labute approximate surface area is 151 Å². The first-order chi connectivity index (χ1) is 11.8. The van der Waals surface area contributed by atoms with Crippen LogP contribution in [-0.4, -0.2) is 28.9 Å². The lowest BCUT2D eigenvalue weighted by Gasteiger charge is -2.23. The topological polar surface area (TPSA) is 72.7 Å². The first-order valence-electron chi connectivity index (χ1n) is 7.69. The van der Waals surface area contributed by atoms with Gasteiger partial charge in [-0.15, -0.1) is 0 Å². The smallest absolute Gasteiger partial charge is 0.274 e. The van der Waals surface area contributed by atoms with Gasteiger partial charge in [-0.1, -0.05) is 29.8 Å². The van der Waals surface area contributed by atoms with E-state index in [0.29, 0.717) is 16.3 Å². The van der Waals surface area contributed by atoms with Crippen LogP contribution in [0.1, 0.15) is 18.1 Å². The van der Waals surface area contributed by atoms with E-state index in [1.165, 1.54) is 11.0 Å². The normalized spacial score (nSPS) is 11.7. The van der Waals surface area contributed by atoms with Crippen molar-refractivity contribution in [3.63, 3.8) is 0 Å². The summed E-state index contributed by atoms with van der Waals surface area (Å²) in [6, 6.07) is 11.5. The fourth-order valence-corrected chi connectivity index (χ4v) is 2.68. The minimum absolute atomic E-state index is 0.00994. The summed E-state index contributed by atoms with van der Waals surface area (Å²) in [4.78, 5) is 24.6. The zero-order chi connectivity index (χ0) is 18.6. The number of rotatable bonds is 6. The number of halogens is 1. The highest BCUT2D eigenvalue weighted by Crippen LogP contribution is 2.24. The second kappa shape index (κ2) is 7.98. The molecule has 0 heterocycles. The molecule has 1 atom stereocenters. The molecule has 0 spiro atoms. The number of aryl methyl sites for hydroxylation is 1. The molecule has 0 fully saturated rings. The molecule has 0 aliphatic rings. The fraction of sp³-hybridized carbons (Fsp3) is 0.278. The molecule has 6 nitrogen and oxygen atoms in total. The van der Waals surface area contributed by atoms with Crippen molar-refractivity contribution in [1.29, 1.82) is 0 Å². The van der Waals surface area contributed by atoms with Crippen molar-refractivity contribution in [3.8, 4) is 5.75 Å². The van der Waals surface area contributed by atoms with Crippen molar-refractivity contribution in [2.45, 2.75) is 26.5 Å². The highest BCUT2D eigenvalue weighted by molar-refractivity contribution is 6.30. The number of nitro benzene ring substituents is 1. The maximum Gasteiger partial charge on any atom is 0.274 e. The number of carbonyl (C=O) groups is 1. The lowest BCUT2D eigenvalue weighted by Crippen LogP contribution is -2.37. The van der Waals surface area contributed by atoms with E-state index in [-0.39, 0.29) is 18.1 Å².